The number of aryl methyl sites for hydroxylation is 1. The molecule has 0 N–H and O–H groups in total. The van der Waals surface area contributed by atoms with Gasteiger partial charge < -0.3 is 19.1 Å². The van der Waals surface area contributed by atoms with Crippen molar-refractivity contribution in [1.82, 2.24) is 9.47 Å². The van der Waals surface area contributed by atoms with Gasteiger partial charge in [0.25, 0.3) is 5.91 Å². The number of pyridine rings is 1. The lowest BCUT2D eigenvalue weighted by Gasteiger charge is -2.36. The molecule has 6 nitrogen and oxygen atoms in total. The van der Waals surface area contributed by atoms with E-state index >= 15 is 0 Å². The third-order valence-electron chi connectivity index (χ3n) is 5.43. The Morgan fingerprint density at radius 1 is 1.07 bits per heavy atom. The Hall–Kier alpha value is -2.76. The van der Waals surface area contributed by atoms with Gasteiger partial charge in [0.1, 0.15) is 0 Å². The van der Waals surface area contributed by atoms with Gasteiger partial charge in [0.15, 0.2) is 12.4 Å². The first-order valence-corrected chi connectivity index (χ1v) is 10.4. The minimum atomic E-state index is -0.176. The van der Waals surface area contributed by atoms with Crippen molar-refractivity contribution < 1.29 is 9.53 Å². The van der Waals surface area contributed by atoms with E-state index in [2.05, 4.69) is 30.9 Å². The molecule has 0 unspecified atom stereocenters. The number of nitrogens with zero attached hydrogens (tertiary/aromatic N) is 3. The van der Waals surface area contributed by atoms with Crippen molar-refractivity contribution in [3.8, 4) is 5.75 Å². The Balaban J connectivity index is 1.56. The quantitative estimate of drug-likeness (QED) is 0.721. The zero-order valence-electron chi connectivity index (χ0n) is 17.6. The molecular formula is C23H31N3O3. The van der Waals surface area contributed by atoms with Crippen molar-refractivity contribution in [2.45, 2.75) is 33.7 Å². The zero-order chi connectivity index (χ0) is 20.8. The number of hydrogen-bond acceptors (Lipinski definition) is 4. The predicted octanol–water partition coefficient (Wildman–Crippen LogP) is 2.93. The number of hydrogen-bond donors (Lipinski definition) is 0. The molecule has 0 aliphatic carbocycles. The van der Waals surface area contributed by atoms with Gasteiger partial charge in [0.2, 0.25) is 5.43 Å². The largest absolute Gasteiger partial charge is 0.478 e. The van der Waals surface area contributed by atoms with Gasteiger partial charge in [-0.2, -0.15) is 0 Å². The van der Waals surface area contributed by atoms with E-state index in [9.17, 15) is 9.59 Å². The van der Waals surface area contributed by atoms with E-state index in [0.717, 1.165) is 31.7 Å². The second-order valence-electron chi connectivity index (χ2n) is 7.96. The second-order valence-corrected chi connectivity index (χ2v) is 7.96. The molecule has 2 aromatic rings. The molecule has 0 saturated carbocycles. The average Bonchev–Trinajstić information content (AvgIpc) is 2.73. The molecule has 1 aliphatic heterocycles. The Labute approximate surface area is 172 Å². The maximum Gasteiger partial charge on any atom is 0.260 e. The van der Waals surface area contributed by atoms with Crippen LogP contribution in [-0.4, -0.2) is 48.2 Å². The predicted molar refractivity (Wildman–Crippen MR) is 116 cm³/mol. The van der Waals surface area contributed by atoms with Crippen LogP contribution in [0.3, 0.4) is 0 Å². The fourth-order valence-corrected chi connectivity index (χ4v) is 3.55. The molecule has 0 radical (unpaired) electrons. The summed E-state index contributed by atoms with van der Waals surface area (Å²) in [7, 11) is 0. The molecule has 1 amide bonds. The number of piperazine rings is 1. The summed E-state index contributed by atoms with van der Waals surface area (Å²) in [6, 6.07) is 11.7. The van der Waals surface area contributed by atoms with E-state index in [1.54, 1.807) is 6.20 Å². The lowest BCUT2D eigenvalue weighted by molar-refractivity contribution is -0.133. The van der Waals surface area contributed by atoms with Gasteiger partial charge in [-0.1, -0.05) is 32.0 Å². The van der Waals surface area contributed by atoms with Gasteiger partial charge in [-0.3, -0.25) is 9.59 Å². The molecule has 1 saturated heterocycles. The summed E-state index contributed by atoms with van der Waals surface area (Å²) >= 11 is 0. The minimum Gasteiger partial charge on any atom is -0.478 e. The first-order chi connectivity index (χ1) is 14.0. The molecule has 156 valence electrons. The molecule has 1 aliphatic rings. The van der Waals surface area contributed by atoms with E-state index in [1.807, 2.05) is 34.6 Å². The van der Waals surface area contributed by atoms with Gasteiger partial charge in [0, 0.05) is 50.7 Å². The topological polar surface area (TPSA) is 54.8 Å². The summed E-state index contributed by atoms with van der Waals surface area (Å²) in [5, 5.41) is 0. The molecule has 1 fully saturated rings. The number of anilines is 1. The fraction of sp³-hybridized carbons (Fsp3) is 0.478. The standard InChI is InChI=1S/C23H31N3O3/c1-18(2)9-11-24-12-10-21(27)23(19(24)3)29-17-22(28)26-15-13-25(14-16-26)20-7-5-4-6-8-20/h4-8,10,12,18H,9,11,13-17H2,1-3H3. The Morgan fingerprint density at radius 2 is 1.76 bits per heavy atom. The second kappa shape index (κ2) is 9.63. The molecule has 0 bridgehead atoms. The van der Waals surface area contributed by atoms with E-state index < -0.39 is 0 Å². The number of amides is 1. The van der Waals surface area contributed by atoms with Crippen LogP contribution in [0.5, 0.6) is 5.75 Å². The van der Waals surface area contributed by atoms with Crippen LogP contribution in [0.1, 0.15) is 26.0 Å². The first kappa shape index (κ1) is 21.0. The van der Waals surface area contributed by atoms with Crippen LogP contribution in [0.4, 0.5) is 5.69 Å². The number of carbonyl (C=O) groups excluding carboxylic acids is 1. The van der Waals surface area contributed by atoms with Gasteiger partial charge >= 0.3 is 0 Å². The van der Waals surface area contributed by atoms with Gasteiger partial charge in [-0.15, -0.1) is 0 Å². The average molecular weight is 398 g/mol. The highest BCUT2D eigenvalue weighted by molar-refractivity contribution is 5.78. The Bertz CT molecular complexity index is 869. The summed E-state index contributed by atoms with van der Waals surface area (Å²) in [6.45, 7) is 9.85. The number of rotatable bonds is 7. The molecule has 3 rings (SSSR count). The highest BCUT2D eigenvalue weighted by Crippen LogP contribution is 2.17. The molecule has 6 heteroatoms. The van der Waals surface area contributed by atoms with Crippen molar-refractivity contribution in [2.75, 3.05) is 37.7 Å². The summed E-state index contributed by atoms with van der Waals surface area (Å²) in [5.74, 6) is 0.788. The van der Waals surface area contributed by atoms with E-state index in [4.69, 9.17) is 4.74 Å². The smallest absolute Gasteiger partial charge is 0.260 e. The van der Waals surface area contributed by atoms with Crippen LogP contribution in [-0.2, 0) is 11.3 Å². The number of ether oxygens (including phenoxy) is 1. The summed E-state index contributed by atoms with van der Waals surface area (Å²) in [6.07, 6.45) is 2.82. The lowest BCUT2D eigenvalue weighted by atomic mass is 10.1. The van der Waals surface area contributed by atoms with Crippen molar-refractivity contribution >= 4 is 11.6 Å². The summed E-state index contributed by atoms with van der Waals surface area (Å²) in [5.41, 5.74) is 1.78. The Morgan fingerprint density at radius 3 is 2.41 bits per heavy atom. The SMILES string of the molecule is Cc1c(OCC(=O)N2CCN(c3ccccc3)CC2)c(=O)ccn1CCC(C)C. The maximum absolute atomic E-state index is 12.6. The molecule has 2 heterocycles. The highest BCUT2D eigenvalue weighted by Gasteiger charge is 2.22. The molecule has 1 aromatic carbocycles. The molecule has 1 aromatic heterocycles. The monoisotopic (exact) mass is 397 g/mol. The van der Waals surface area contributed by atoms with E-state index in [0.29, 0.717) is 19.0 Å². The van der Waals surface area contributed by atoms with Crippen molar-refractivity contribution in [3.05, 3.63) is 58.5 Å². The number of aromatic nitrogens is 1. The molecule has 29 heavy (non-hydrogen) atoms. The van der Waals surface area contributed by atoms with Crippen molar-refractivity contribution in [2.24, 2.45) is 5.92 Å². The maximum atomic E-state index is 12.6. The van der Waals surface area contributed by atoms with Gasteiger partial charge in [0.05, 0.1) is 5.69 Å². The van der Waals surface area contributed by atoms with Crippen LogP contribution in [0, 0.1) is 12.8 Å². The lowest BCUT2D eigenvalue weighted by Crippen LogP contribution is -2.50. The highest BCUT2D eigenvalue weighted by atomic mass is 16.5. The van der Waals surface area contributed by atoms with Crippen LogP contribution >= 0.6 is 0 Å². The van der Waals surface area contributed by atoms with Crippen LogP contribution in [0.15, 0.2) is 47.4 Å². The number of carbonyl (C=O) groups is 1. The molecule has 0 spiro atoms. The van der Waals surface area contributed by atoms with Crippen LogP contribution in [0.2, 0.25) is 0 Å². The van der Waals surface area contributed by atoms with Crippen molar-refractivity contribution in [1.29, 1.82) is 0 Å². The van der Waals surface area contributed by atoms with E-state index in [1.165, 1.54) is 11.8 Å². The normalized spacial score (nSPS) is 14.3. The molecule has 0 atom stereocenters. The third kappa shape index (κ3) is 5.40. The fourth-order valence-electron chi connectivity index (χ4n) is 3.55. The number of benzene rings is 1. The molecular weight excluding hydrogens is 366 g/mol. The van der Waals surface area contributed by atoms with Crippen LogP contribution in [0.25, 0.3) is 0 Å². The number of para-hydroxylation sites is 1. The van der Waals surface area contributed by atoms with E-state index in [-0.39, 0.29) is 23.7 Å². The van der Waals surface area contributed by atoms with Gasteiger partial charge in [-0.05, 0) is 31.4 Å². The summed E-state index contributed by atoms with van der Waals surface area (Å²) in [4.78, 5) is 29.0. The first-order valence-electron chi connectivity index (χ1n) is 10.4. The van der Waals surface area contributed by atoms with Crippen molar-refractivity contribution in [3.63, 3.8) is 0 Å². The zero-order valence-corrected chi connectivity index (χ0v) is 17.6. The van der Waals surface area contributed by atoms with Gasteiger partial charge in [-0.25, -0.2) is 0 Å². The minimum absolute atomic E-state index is 0.0749. The third-order valence-corrected chi connectivity index (χ3v) is 5.43. The van der Waals surface area contributed by atoms with Crippen LogP contribution < -0.4 is 15.1 Å². The summed E-state index contributed by atoms with van der Waals surface area (Å²) < 4.78 is 7.73. The Kier molecular flexibility index (Phi) is 6.96.